The van der Waals surface area contributed by atoms with Gasteiger partial charge in [0.1, 0.15) is 5.82 Å². The van der Waals surface area contributed by atoms with Gasteiger partial charge in [-0.2, -0.15) is 0 Å². The summed E-state index contributed by atoms with van der Waals surface area (Å²) in [7, 11) is 0. The first kappa shape index (κ1) is 16.7. The van der Waals surface area contributed by atoms with E-state index in [0.29, 0.717) is 42.7 Å². The topological polar surface area (TPSA) is 75.2 Å². The van der Waals surface area contributed by atoms with Crippen molar-refractivity contribution < 1.29 is 9.59 Å². The third kappa shape index (κ3) is 4.66. The van der Waals surface area contributed by atoms with E-state index in [1.165, 1.54) is 12.4 Å². The summed E-state index contributed by atoms with van der Waals surface area (Å²) in [5.41, 5.74) is 0. The summed E-state index contributed by atoms with van der Waals surface area (Å²) in [6.07, 6.45) is 4.03. The molecule has 1 fully saturated rings. The van der Waals surface area contributed by atoms with E-state index in [9.17, 15) is 9.59 Å². The molecule has 1 aromatic rings. The number of rotatable bonds is 5. The molecule has 2 heterocycles. The number of amides is 2. The zero-order chi connectivity index (χ0) is 16.1. The van der Waals surface area contributed by atoms with E-state index in [0.717, 1.165) is 0 Å². The number of hydrogen-bond acceptors (Lipinski definition) is 4. The Morgan fingerprint density at radius 1 is 1.45 bits per heavy atom. The molecule has 0 aromatic carbocycles. The quantitative estimate of drug-likeness (QED) is 0.893. The average Bonchev–Trinajstić information content (AvgIpc) is 2.48. The van der Waals surface area contributed by atoms with Gasteiger partial charge in [-0.15, -0.1) is 0 Å². The number of halogens is 1. The van der Waals surface area contributed by atoms with Crippen molar-refractivity contribution in [1.82, 2.24) is 20.2 Å². The fraction of sp³-hybridized carbons (Fsp3) is 0.600. The molecule has 2 amide bonds. The molecule has 2 rings (SSSR count). The zero-order valence-electron chi connectivity index (χ0n) is 12.9. The monoisotopic (exact) mass is 324 g/mol. The number of nitrogens with one attached hydrogen (secondary N) is 1. The SMILES string of the molecule is CC(C)CN1CC(C(=O)NCc2ncc(Cl)cn2)CCC1=O. The number of hydrogen-bond donors (Lipinski definition) is 1. The van der Waals surface area contributed by atoms with Gasteiger partial charge in [-0.25, -0.2) is 9.97 Å². The molecular formula is C15H21ClN4O2. The molecule has 1 aliphatic heterocycles. The van der Waals surface area contributed by atoms with Crippen LogP contribution in [-0.2, 0) is 16.1 Å². The molecule has 1 N–H and O–H groups in total. The lowest BCUT2D eigenvalue weighted by Crippen LogP contribution is -2.46. The second-order valence-corrected chi connectivity index (χ2v) is 6.40. The third-order valence-corrected chi connectivity index (χ3v) is 3.75. The number of carbonyl (C=O) groups is 2. The zero-order valence-corrected chi connectivity index (χ0v) is 13.6. The van der Waals surface area contributed by atoms with Crippen LogP contribution >= 0.6 is 11.6 Å². The van der Waals surface area contributed by atoms with E-state index in [-0.39, 0.29) is 24.3 Å². The van der Waals surface area contributed by atoms with Crippen LogP contribution < -0.4 is 5.32 Å². The number of nitrogens with zero attached hydrogens (tertiary/aromatic N) is 3. The van der Waals surface area contributed by atoms with Crippen LogP contribution in [0.2, 0.25) is 5.02 Å². The third-order valence-electron chi connectivity index (χ3n) is 3.55. The van der Waals surface area contributed by atoms with Crippen molar-refractivity contribution in [1.29, 1.82) is 0 Å². The van der Waals surface area contributed by atoms with Crippen LogP contribution in [0, 0.1) is 11.8 Å². The standard InChI is InChI=1S/C15H21ClN4O2/c1-10(2)8-20-9-11(3-4-14(20)21)15(22)19-7-13-17-5-12(16)6-18-13/h5-6,10-11H,3-4,7-9H2,1-2H3,(H,19,22). The molecule has 0 spiro atoms. The summed E-state index contributed by atoms with van der Waals surface area (Å²) < 4.78 is 0. The van der Waals surface area contributed by atoms with Crippen molar-refractivity contribution in [3.63, 3.8) is 0 Å². The van der Waals surface area contributed by atoms with Gasteiger partial charge in [0.05, 0.1) is 17.5 Å². The molecule has 1 saturated heterocycles. The molecule has 7 heteroatoms. The predicted molar refractivity (Wildman–Crippen MR) is 83.0 cm³/mol. The van der Waals surface area contributed by atoms with Crippen LogP contribution in [0.3, 0.4) is 0 Å². The summed E-state index contributed by atoms with van der Waals surface area (Å²) in [5.74, 6) is 0.833. The average molecular weight is 325 g/mol. The van der Waals surface area contributed by atoms with Crippen LogP contribution in [0.4, 0.5) is 0 Å². The Hall–Kier alpha value is -1.69. The highest BCUT2D eigenvalue weighted by Crippen LogP contribution is 2.19. The van der Waals surface area contributed by atoms with Gasteiger partial charge in [0.15, 0.2) is 0 Å². The highest BCUT2D eigenvalue weighted by Gasteiger charge is 2.30. The minimum absolute atomic E-state index is 0.0557. The minimum atomic E-state index is -0.163. The summed E-state index contributed by atoms with van der Waals surface area (Å²) in [6.45, 7) is 5.58. The number of carbonyl (C=O) groups excluding carboxylic acids is 2. The van der Waals surface area contributed by atoms with Crippen molar-refractivity contribution >= 4 is 23.4 Å². The van der Waals surface area contributed by atoms with Crippen molar-refractivity contribution in [2.45, 2.75) is 33.2 Å². The van der Waals surface area contributed by atoms with Crippen molar-refractivity contribution in [3.05, 3.63) is 23.2 Å². The summed E-state index contributed by atoms with van der Waals surface area (Å²) in [6, 6.07) is 0. The van der Waals surface area contributed by atoms with E-state index in [1.54, 1.807) is 4.90 Å². The van der Waals surface area contributed by atoms with E-state index >= 15 is 0 Å². The second kappa shape index (κ2) is 7.54. The molecule has 120 valence electrons. The summed E-state index contributed by atoms with van der Waals surface area (Å²) in [5, 5.41) is 3.29. The van der Waals surface area contributed by atoms with Crippen molar-refractivity contribution in [2.24, 2.45) is 11.8 Å². The lowest BCUT2D eigenvalue weighted by Gasteiger charge is -2.33. The molecule has 0 saturated carbocycles. The lowest BCUT2D eigenvalue weighted by molar-refractivity contribution is -0.138. The molecule has 1 aromatic heterocycles. The second-order valence-electron chi connectivity index (χ2n) is 5.96. The Balaban J connectivity index is 1.86. The van der Waals surface area contributed by atoms with E-state index in [1.807, 2.05) is 0 Å². The number of likely N-dealkylation sites (tertiary alicyclic amines) is 1. The van der Waals surface area contributed by atoms with Gasteiger partial charge in [0, 0.05) is 31.9 Å². The Morgan fingerprint density at radius 3 is 2.77 bits per heavy atom. The molecule has 0 aliphatic carbocycles. The van der Waals surface area contributed by atoms with Crippen LogP contribution in [0.15, 0.2) is 12.4 Å². The molecule has 1 atom stereocenters. The smallest absolute Gasteiger partial charge is 0.225 e. The Kier molecular flexibility index (Phi) is 5.71. The highest BCUT2D eigenvalue weighted by molar-refractivity contribution is 6.30. The molecule has 0 bridgehead atoms. The molecule has 6 nitrogen and oxygen atoms in total. The fourth-order valence-corrected chi connectivity index (χ4v) is 2.58. The fourth-order valence-electron chi connectivity index (χ4n) is 2.49. The maximum Gasteiger partial charge on any atom is 0.225 e. The number of aromatic nitrogens is 2. The number of piperidine rings is 1. The Morgan fingerprint density at radius 2 is 2.14 bits per heavy atom. The lowest BCUT2D eigenvalue weighted by atomic mass is 9.96. The van der Waals surface area contributed by atoms with Gasteiger partial charge in [0.25, 0.3) is 0 Å². The van der Waals surface area contributed by atoms with Crippen LogP contribution in [0.1, 0.15) is 32.5 Å². The normalized spacial score (nSPS) is 18.6. The first-order chi connectivity index (χ1) is 10.5. The van der Waals surface area contributed by atoms with Gasteiger partial charge in [-0.05, 0) is 12.3 Å². The molecule has 1 aliphatic rings. The molecule has 22 heavy (non-hydrogen) atoms. The van der Waals surface area contributed by atoms with Gasteiger partial charge in [0.2, 0.25) is 11.8 Å². The van der Waals surface area contributed by atoms with Crippen molar-refractivity contribution in [2.75, 3.05) is 13.1 Å². The van der Waals surface area contributed by atoms with Gasteiger partial charge >= 0.3 is 0 Å². The van der Waals surface area contributed by atoms with Gasteiger partial charge < -0.3 is 10.2 Å². The van der Waals surface area contributed by atoms with Gasteiger partial charge in [-0.1, -0.05) is 25.4 Å². The molecular weight excluding hydrogens is 304 g/mol. The Labute approximate surface area is 135 Å². The first-order valence-electron chi connectivity index (χ1n) is 7.47. The summed E-state index contributed by atoms with van der Waals surface area (Å²) in [4.78, 5) is 34.0. The first-order valence-corrected chi connectivity index (χ1v) is 7.85. The minimum Gasteiger partial charge on any atom is -0.349 e. The van der Waals surface area contributed by atoms with E-state index < -0.39 is 0 Å². The maximum absolute atomic E-state index is 12.2. The van der Waals surface area contributed by atoms with E-state index in [4.69, 9.17) is 11.6 Å². The largest absolute Gasteiger partial charge is 0.349 e. The van der Waals surface area contributed by atoms with Crippen molar-refractivity contribution in [3.8, 4) is 0 Å². The molecule has 0 radical (unpaired) electrons. The van der Waals surface area contributed by atoms with E-state index in [2.05, 4.69) is 29.1 Å². The predicted octanol–water partition coefficient (Wildman–Crippen LogP) is 1.64. The van der Waals surface area contributed by atoms with Crippen LogP contribution in [0.5, 0.6) is 0 Å². The highest BCUT2D eigenvalue weighted by atomic mass is 35.5. The van der Waals surface area contributed by atoms with Crippen LogP contribution in [-0.4, -0.2) is 39.8 Å². The van der Waals surface area contributed by atoms with Gasteiger partial charge in [-0.3, -0.25) is 9.59 Å². The maximum atomic E-state index is 12.2. The van der Waals surface area contributed by atoms with Crippen LogP contribution in [0.25, 0.3) is 0 Å². The summed E-state index contributed by atoms with van der Waals surface area (Å²) >= 11 is 5.72. The Bertz CT molecular complexity index is 533. The molecule has 1 unspecified atom stereocenters.